The minimum Gasteiger partial charge on any atom is -0.410 e. The number of rotatable bonds is 19. The van der Waals surface area contributed by atoms with Crippen molar-refractivity contribution >= 4 is 14.6 Å². The fourth-order valence-corrected chi connectivity index (χ4v) is 4.92. The lowest BCUT2D eigenvalue weighted by Crippen LogP contribution is -2.34. The predicted octanol–water partition coefficient (Wildman–Crippen LogP) is 7.28. The smallest absolute Gasteiger partial charge is 0.152 e. The predicted molar refractivity (Wildman–Crippen MR) is 129 cm³/mol. The zero-order chi connectivity index (χ0) is 20.5. The van der Waals surface area contributed by atoms with Crippen molar-refractivity contribution in [3.05, 3.63) is 0 Å². The summed E-state index contributed by atoms with van der Waals surface area (Å²) in [5, 5.41) is 11.0. The van der Waals surface area contributed by atoms with Gasteiger partial charge in [-0.1, -0.05) is 143 Å². The van der Waals surface area contributed by atoms with Gasteiger partial charge in [0.05, 0.1) is 0 Å². The van der Waals surface area contributed by atoms with Crippen molar-refractivity contribution in [1.82, 2.24) is 0 Å². The van der Waals surface area contributed by atoms with Crippen LogP contribution in [0.1, 0.15) is 131 Å². The highest BCUT2D eigenvalue weighted by Gasteiger charge is 2.27. The van der Waals surface area contributed by atoms with Crippen LogP contribution in [0.3, 0.4) is 0 Å². The summed E-state index contributed by atoms with van der Waals surface area (Å²) in [5.41, 5.74) is 0. The molecule has 27 heavy (non-hydrogen) atoms. The van der Waals surface area contributed by atoms with Crippen LogP contribution in [0, 0.1) is 5.92 Å². The summed E-state index contributed by atoms with van der Waals surface area (Å²) in [6, 6.07) is 0. The SMILES string of the molecule is CCCCCCCCC(BC(O)BC(C)(C)CC(C)C)CCCCCCC. The molecule has 0 radical (unpaired) electrons. The standard InChI is InChI=1S/C24H52B2O/c1-7-9-11-13-15-17-19-22(18-16-14-12-10-8-2)25-23(27)26-24(5,6)20-21(3)4/h21-23,25-27H,7-20H2,1-6H3. The molecule has 0 aromatic heterocycles. The van der Waals surface area contributed by atoms with Gasteiger partial charge < -0.3 is 5.11 Å². The van der Waals surface area contributed by atoms with Crippen molar-refractivity contribution < 1.29 is 5.11 Å². The van der Waals surface area contributed by atoms with Gasteiger partial charge in [0, 0.05) is 5.90 Å². The molecular weight excluding hydrogens is 326 g/mol. The Bertz CT molecular complexity index is 318. The Morgan fingerprint density at radius 1 is 0.741 bits per heavy atom. The lowest BCUT2D eigenvalue weighted by Gasteiger charge is -2.29. The second kappa shape index (κ2) is 17.0. The van der Waals surface area contributed by atoms with Gasteiger partial charge in [0.25, 0.3) is 0 Å². The molecular formula is C24H52B2O. The van der Waals surface area contributed by atoms with E-state index >= 15 is 0 Å². The molecule has 0 aliphatic carbocycles. The number of unbranched alkanes of at least 4 members (excludes halogenated alkanes) is 9. The molecule has 2 atom stereocenters. The van der Waals surface area contributed by atoms with Gasteiger partial charge >= 0.3 is 0 Å². The first-order chi connectivity index (χ1) is 12.8. The van der Waals surface area contributed by atoms with E-state index in [0.29, 0.717) is 5.92 Å². The quantitative estimate of drug-likeness (QED) is 0.185. The molecule has 1 nitrogen and oxygen atoms in total. The molecule has 0 heterocycles. The van der Waals surface area contributed by atoms with Gasteiger partial charge in [-0.2, -0.15) is 0 Å². The fourth-order valence-electron chi connectivity index (χ4n) is 4.92. The van der Waals surface area contributed by atoms with E-state index in [-0.39, 0.29) is 11.2 Å². The first kappa shape index (κ1) is 27.1. The summed E-state index contributed by atoms with van der Waals surface area (Å²) in [6.45, 7) is 13.8. The summed E-state index contributed by atoms with van der Waals surface area (Å²) < 4.78 is 0. The zero-order valence-electron chi connectivity index (χ0n) is 20.0. The van der Waals surface area contributed by atoms with Crippen molar-refractivity contribution in [3.63, 3.8) is 0 Å². The Balaban J connectivity index is 4.31. The summed E-state index contributed by atoms with van der Waals surface area (Å²) in [7, 11) is 2.00. The molecule has 3 heteroatoms. The van der Waals surface area contributed by atoms with Crippen molar-refractivity contribution in [1.29, 1.82) is 0 Å². The largest absolute Gasteiger partial charge is 0.410 e. The average Bonchev–Trinajstić information content (AvgIpc) is 2.55. The maximum absolute atomic E-state index is 10.8. The third-order valence-electron chi connectivity index (χ3n) is 6.04. The number of aliphatic hydroxyl groups is 1. The van der Waals surface area contributed by atoms with Crippen LogP contribution < -0.4 is 0 Å². The summed E-state index contributed by atoms with van der Waals surface area (Å²) in [5.74, 6) is 1.34. The maximum Gasteiger partial charge on any atom is 0.152 e. The van der Waals surface area contributed by atoms with Crippen LogP contribution in [0.5, 0.6) is 0 Å². The zero-order valence-corrected chi connectivity index (χ0v) is 20.0. The van der Waals surface area contributed by atoms with Crippen molar-refractivity contribution in [2.24, 2.45) is 5.92 Å². The Kier molecular flexibility index (Phi) is 17.0. The second-order valence-electron chi connectivity index (χ2n) is 10.5. The lowest BCUT2D eigenvalue weighted by atomic mass is 9.37. The maximum atomic E-state index is 10.8. The van der Waals surface area contributed by atoms with Crippen LogP contribution in [0.25, 0.3) is 0 Å². The van der Waals surface area contributed by atoms with E-state index < -0.39 is 0 Å². The minimum atomic E-state index is -0.112. The highest BCUT2D eigenvalue weighted by Crippen LogP contribution is 2.33. The molecule has 0 amide bonds. The first-order valence-corrected chi connectivity index (χ1v) is 12.5. The van der Waals surface area contributed by atoms with Crippen LogP contribution in [-0.2, 0) is 0 Å². The molecule has 0 aromatic rings. The highest BCUT2D eigenvalue weighted by molar-refractivity contribution is 6.60. The van der Waals surface area contributed by atoms with E-state index in [1.54, 1.807) is 0 Å². The summed E-state index contributed by atoms with van der Waals surface area (Å²) in [6.07, 6.45) is 19.0. The lowest BCUT2D eigenvalue weighted by molar-refractivity contribution is 0.312. The Morgan fingerprint density at radius 3 is 1.63 bits per heavy atom. The van der Waals surface area contributed by atoms with Crippen LogP contribution in [0.15, 0.2) is 0 Å². The van der Waals surface area contributed by atoms with E-state index in [0.717, 1.165) is 20.4 Å². The molecule has 0 aliphatic heterocycles. The topological polar surface area (TPSA) is 20.2 Å². The minimum absolute atomic E-state index is 0.112. The third kappa shape index (κ3) is 17.9. The van der Waals surface area contributed by atoms with Gasteiger partial charge in [-0.3, -0.25) is 0 Å². The first-order valence-electron chi connectivity index (χ1n) is 12.5. The van der Waals surface area contributed by atoms with Gasteiger partial charge in [-0.15, -0.1) is 0 Å². The van der Waals surface area contributed by atoms with Crippen LogP contribution >= 0.6 is 0 Å². The van der Waals surface area contributed by atoms with Crippen LogP contribution in [0.4, 0.5) is 0 Å². The second-order valence-corrected chi connectivity index (χ2v) is 10.5. The van der Waals surface area contributed by atoms with Gasteiger partial charge in [0.15, 0.2) is 7.28 Å². The summed E-state index contributed by atoms with van der Waals surface area (Å²) in [4.78, 5) is 0. The van der Waals surface area contributed by atoms with Gasteiger partial charge in [0.1, 0.15) is 7.28 Å². The molecule has 0 aromatic carbocycles. The van der Waals surface area contributed by atoms with Crippen molar-refractivity contribution in [3.8, 4) is 0 Å². The molecule has 0 rings (SSSR count). The van der Waals surface area contributed by atoms with Gasteiger partial charge in [-0.05, 0) is 5.92 Å². The fraction of sp³-hybridized carbons (Fsp3) is 1.00. The Hall–Kier alpha value is 0.0899. The number of aliphatic hydroxyl groups excluding tert-OH is 1. The molecule has 0 saturated carbocycles. The molecule has 160 valence electrons. The van der Waals surface area contributed by atoms with E-state index in [1.807, 2.05) is 0 Å². The monoisotopic (exact) mass is 378 g/mol. The van der Waals surface area contributed by atoms with E-state index in [1.165, 1.54) is 89.9 Å². The van der Waals surface area contributed by atoms with Gasteiger partial charge in [0.2, 0.25) is 0 Å². The van der Waals surface area contributed by atoms with E-state index in [4.69, 9.17) is 0 Å². The Morgan fingerprint density at radius 2 is 1.19 bits per heavy atom. The number of hydrogen-bond acceptors (Lipinski definition) is 1. The van der Waals surface area contributed by atoms with E-state index in [2.05, 4.69) is 41.5 Å². The molecule has 0 bridgehead atoms. The molecule has 0 aliphatic rings. The van der Waals surface area contributed by atoms with Crippen LogP contribution in [-0.4, -0.2) is 25.6 Å². The third-order valence-corrected chi connectivity index (χ3v) is 6.04. The summed E-state index contributed by atoms with van der Waals surface area (Å²) >= 11 is 0. The molecule has 1 N–H and O–H groups in total. The van der Waals surface area contributed by atoms with Crippen LogP contribution in [0.2, 0.25) is 11.1 Å². The molecule has 0 fully saturated rings. The molecule has 0 saturated heterocycles. The number of hydrogen-bond donors (Lipinski definition) is 1. The van der Waals surface area contributed by atoms with E-state index in [9.17, 15) is 5.11 Å². The molecule has 0 spiro atoms. The average molecular weight is 378 g/mol. The molecule has 2 unspecified atom stereocenters. The van der Waals surface area contributed by atoms with Gasteiger partial charge in [-0.25, -0.2) is 0 Å². The Labute approximate surface area is 174 Å². The highest BCUT2D eigenvalue weighted by atomic mass is 16.3. The van der Waals surface area contributed by atoms with Crippen molar-refractivity contribution in [2.45, 2.75) is 148 Å². The van der Waals surface area contributed by atoms with Crippen molar-refractivity contribution in [2.75, 3.05) is 0 Å². The normalized spacial score (nSPS) is 14.4.